The fraction of sp³-hybridized carbons (Fsp3) is 0.538. The Morgan fingerprint density at radius 3 is 2.38 bits per heavy atom. The van der Waals surface area contributed by atoms with E-state index in [-0.39, 0.29) is 0 Å². The molecule has 0 spiro atoms. The summed E-state index contributed by atoms with van der Waals surface area (Å²) in [6, 6.07) is 2.02. The molecule has 0 heterocycles. The van der Waals surface area contributed by atoms with E-state index in [1.54, 1.807) is 14.2 Å². The van der Waals surface area contributed by atoms with Gasteiger partial charge < -0.3 is 15.2 Å². The molecule has 0 fully saturated rings. The first kappa shape index (κ1) is 11.3. The minimum absolute atomic E-state index is 0.493. The molecule has 0 atom stereocenters. The Kier molecular flexibility index (Phi) is 3.34. The fourth-order valence-corrected chi connectivity index (χ4v) is 2.52. The molecule has 0 saturated heterocycles. The Morgan fingerprint density at radius 2 is 1.81 bits per heavy atom. The Hall–Kier alpha value is -1.22. The van der Waals surface area contributed by atoms with Crippen molar-refractivity contribution in [2.75, 3.05) is 14.2 Å². The highest BCUT2D eigenvalue weighted by molar-refractivity contribution is 5.54. The monoisotopic (exact) mass is 221 g/mol. The molecule has 1 aromatic rings. The van der Waals surface area contributed by atoms with Gasteiger partial charge in [-0.2, -0.15) is 0 Å². The van der Waals surface area contributed by atoms with E-state index in [1.807, 2.05) is 6.07 Å². The van der Waals surface area contributed by atoms with E-state index in [0.717, 1.165) is 29.9 Å². The molecule has 0 radical (unpaired) electrons. The molecule has 0 saturated carbocycles. The van der Waals surface area contributed by atoms with Crippen LogP contribution in [0, 0.1) is 0 Å². The molecule has 3 heteroatoms. The van der Waals surface area contributed by atoms with E-state index >= 15 is 0 Å². The van der Waals surface area contributed by atoms with Gasteiger partial charge in [-0.3, -0.25) is 0 Å². The molecule has 2 N–H and O–H groups in total. The second-order valence-electron chi connectivity index (χ2n) is 4.14. The minimum Gasteiger partial charge on any atom is -0.496 e. The molecule has 0 bridgehead atoms. The van der Waals surface area contributed by atoms with Crippen LogP contribution in [0.5, 0.6) is 11.5 Å². The van der Waals surface area contributed by atoms with E-state index in [1.165, 1.54) is 24.0 Å². The van der Waals surface area contributed by atoms with Crippen LogP contribution in [0.1, 0.15) is 29.5 Å². The van der Waals surface area contributed by atoms with Gasteiger partial charge in [0.25, 0.3) is 0 Å². The van der Waals surface area contributed by atoms with E-state index in [9.17, 15) is 0 Å². The van der Waals surface area contributed by atoms with Crippen LogP contribution in [0.2, 0.25) is 0 Å². The lowest BCUT2D eigenvalue weighted by Gasteiger charge is -2.23. The van der Waals surface area contributed by atoms with Gasteiger partial charge in [0.2, 0.25) is 0 Å². The number of rotatable bonds is 3. The lowest BCUT2D eigenvalue weighted by atomic mass is 9.88. The molecule has 0 unspecified atom stereocenters. The molecule has 16 heavy (non-hydrogen) atoms. The largest absolute Gasteiger partial charge is 0.496 e. The zero-order chi connectivity index (χ0) is 11.5. The highest BCUT2D eigenvalue weighted by Crippen LogP contribution is 2.38. The molecule has 1 aromatic carbocycles. The molecule has 1 aliphatic carbocycles. The number of fused-ring (bicyclic) bond motifs is 1. The van der Waals surface area contributed by atoms with Gasteiger partial charge in [-0.05, 0) is 31.7 Å². The molecular formula is C13H19NO2. The van der Waals surface area contributed by atoms with Gasteiger partial charge in [-0.1, -0.05) is 0 Å². The maximum Gasteiger partial charge on any atom is 0.127 e. The van der Waals surface area contributed by atoms with Crippen LogP contribution in [-0.4, -0.2) is 14.2 Å². The summed E-state index contributed by atoms with van der Waals surface area (Å²) >= 11 is 0. The second kappa shape index (κ2) is 4.74. The lowest BCUT2D eigenvalue weighted by molar-refractivity contribution is 0.385. The van der Waals surface area contributed by atoms with E-state index in [0.29, 0.717) is 6.54 Å². The third kappa shape index (κ3) is 1.76. The summed E-state index contributed by atoms with van der Waals surface area (Å²) in [5, 5.41) is 0. The number of hydrogen-bond donors (Lipinski definition) is 1. The van der Waals surface area contributed by atoms with Gasteiger partial charge in [-0.25, -0.2) is 0 Å². The molecule has 3 nitrogen and oxygen atoms in total. The standard InChI is InChI=1S/C13H19NO2/c1-15-12-7-9(8-14)13(16-2)11-6-4-3-5-10(11)12/h7H,3-6,8,14H2,1-2H3. The normalized spacial score (nSPS) is 14.4. The van der Waals surface area contributed by atoms with E-state index < -0.39 is 0 Å². The van der Waals surface area contributed by atoms with Crippen molar-refractivity contribution in [1.29, 1.82) is 0 Å². The summed E-state index contributed by atoms with van der Waals surface area (Å²) in [6.07, 6.45) is 4.61. The first-order valence-electron chi connectivity index (χ1n) is 5.77. The highest BCUT2D eigenvalue weighted by Gasteiger charge is 2.21. The predicted molar refractivity (Wildman–Crippen MR) is 64.1 cm³/mol. The Morgan fingerprint density at radius 1 is 1.12 bits per heavy atom. The SMILES string of the molecule is COc1cc(CN)c(OC)c2c1CCCC2. The maximum absolute atomic E-state index is 5.75. The van der Waals surface area contributed by atoms with Crippen molar-refractivity contribution in [1.82, 2.24) is 0 Å². The van der Waals surface area contributed by atoms with Crippen molar-refractivity contribution in [3.63, 3.8) is 0 Å². The molecule has 0 aliphatic heterocycles. The summed E-state index contributed by atoms with van der Waals surface area (Å²) in [5.41, 5.74) is 9.40. The summed E-state index contributed by atoms with van der Waals surface area (Å²) in [4.78, 5) is 0. The molecule has 2 rings (SSSR count). The number of nitrogens with two attached hydrogens (primary N) is 1. The highest BCUT2D eigenvalue weighted by atomic mass is 16.5. The van der Waals surface area contributed by atoms with Crippen molar-refractivity contribution in [3.05, 3.63) is 22.8 Å². The Labute approximate surface area is 96.5 Å². The molecule has 88 valence electrons. The second-order valence-corrected chi connectivity index (χ2v) is 4.14. The summed E-state index contributed by atoms with van der Waals surface area (Å²) in [6.45, 7) is 0.493. The van der Waals surface area contributed by atoms with Crippen LogP contribution >= 0.6 is 0 Å². The lowest BCUT2D eigenvalue weighted by Crippen LogP contribution is -2.11. The predicted octanol–water partition coefficient (Wildman–Crippen LogP) is 2.04. The fourth-order valence-electron chi connectivity index (χ4n) is 2.52. The van der Waals surface area contributed by atoms with Crippen LogP contribution < -0.4 is 15.2 Å². The molecule has 0 aromatic heterocycles. The minimum atomic E-state index is 0.493. The zero-order valence-corrected chi connectivity index (χ0v) is 10.0. The third-order valence-corrected chi connectivity index (χ3v) is 3.28. The van der Waals surface area contributed by atoms with E-state index in [2.05, 4.69) is 0 Å². The van der Waals surface area contributed by atoms with Crippen molar-refractivity contribution in [2.24, 2.45) is 5.73 Å². The van der Waals surface area contributed by atoms with Gasteiger partial charge >= 0.3 is 0 Å². The van der Waals surface area contributed by atoms with Crippen LogP contribution in [-0.2, 0) is 19.4 Å². The van der Waals surface area contributed by atoms with Crippen molar-refractivity contribution >= 4 is 0 Å². The van der Waals surface area contributed by atoms with Gasteiger partial charge in [0.05, 0.1) is 14.2 Å². The average Bonchev–Trinajstić information content (AvgIpc) is 2.36. The number of methoxy groups -OCH3 is 2. The van der Waals surface area contributed by atoms with Gasteiger partial charge in [0, 0.05) is 23.2 Å². The number of ether oxygens (including phenoxy) is 2. The molecule has 1 aliphatic rings. The van der Waals surface area contributed by atoms with Gasteiger partial charge in [0.15, 0.2) is 0 Å². The first-order valence-corrected chi connectivity index (χ1v) is 5.77. The Balaban J connectivity index is 2.60. The summed E-state index contributed by atoms with van der Waals surface area (Å²) in [5.74, 6) is 1.94. The number of hydrogen-bond acceptors (Lipinski definition) is 3. The number of benzene rings is 1. The van der Waals surface area contributed by atoms with E-state index in [4.69, 9.17) is 15.2 Å². The topological polar surface area (TPSA) is 44.5 Å². The average molecular weight is 221 g/mol. The van der Waals surface area contributed by atoms with Crippen LogP contribution in [0.25, 0.3) is 0 Å². The van der Waals surface area contributed by atoms with Crippen molar-refractivity contribution < 1.29 is 9.47 Å². The van der Waals surface area contributed by atoms with Crippen LogP contribution in [0.15, 0.2) is 6.07 Å². The summed E-state index contributed by atoms with van der Waals surface area (Å²) in [7, 11) is 3.44. The quantitative estimate of drug-likeness (QED) is 0.849. The van der Waals surface area contributed by atoms with Crippen LogP contribution in [0.3, 0.4) is 0 Å². The molecular weight excluding hydrogens is 202 g/mol. The third-order valence-electron chi connectivity index (χ3n) is 3.28. The smallest absolute Gasteiger partial charge is 0.127 e. The first-order chi connectivity index (χ1) is 7.81. The zero-order valence-electron chi connectivity index (χ0n) is 10.0. The van der Waals surface area contributed by atoms with Crippen molar-refractivity contribution in [2.45, 2.75) is 32.2 Å². The maximum atomic E-state index is 5.75. The summed E-state index contributed by atoms with van der Waals surface area (Å²) < 4.78 is 10.9. The molecule has 0 amide bonds. The van der Waals surface area contributed by atoms with Gasteiger partial charge in [0.1, 0.15) is 11.5 Å². The van der Waals surface area contributed by atoms with Crippen molar-refractivity contribution in [3.8, 4) is 11.5 Å². The Bertz CT molecular complexity index is 366. The van der Waals surface area contributed by atoms with Crippen LogP contribution in [0.4, 0.5) is 0 Å². The van der Waals surface area contributed by atoms with Gasteiger partial charge in [-0.15, -0.1) is 0 Å².